The molecule has 0 aliphatic carbocycles. The van der Waals surface area contributed by atoms with Gasteiger partial charge in [-0.05, 0) is 123 Å². The van der Waals surface area contributed by atoms with Crippen LogP contribution in [0.25, 0.3) is 12.2 Å². The fourth-order valence-electron chi connectivity index (χ4n) is 6.64. The van der Waals surface area contributed by atoms with Crippen molar-refractivity contribution < 1.29 is 202 Å². The summed E-state index contributed by atoms with van der Waals surface area (Å²) < 4.78 is 19.8. The number of anilines is 1. The van der Waals surface area contributed by atoms with Gasteiger partial charge in [-0.15, -0.1) is 5.10 Å². The van der Waals surface area contributed by atoms with Gasteiger partial charge in [0.1, 0.15) is 31.8 Å². The summed E-state index contributed by atoms with van der Waals surface area (Å²) in [4.78, 5) is 66.3. The molecule has 0 unspecified atom stereocenters. The van der Waals surface area contributed by atoms with Crippen molar-refractivity contribution in [2.45, 2.75) is 80.0 Å². The van der Waals surface area contributed by atoms with Crippen molar-refractivity contribution in [3.05, 3.63) is 245 Å². The van der Waals surface area contributed by atoms with Gasteiger partial charge in [0.2, 0.25) is 17.7 Å². The number of quaternary nitrogens is 7. The van der Waals surface area contributed by atoms with Crippen molar-refractivity contribution in [2.75, 3.05) is 213 Å². The van der Waals surface area contributed by atoms with Crippen molar-refractivity contribution in [2.24, 2.45) is 16.6 Å². The Kier molecular flexibility index (Phi) is 134. The maximum Gasteiger partial charge on any atom is -1.00 e. The molecule has 4 rings (SSSR count). The van der Waals surface area contributed by atoms with Crippen molar-refractivity contribution >= 4 is 65.1 Å². The molecule has 3 amide bonds. The van der Waals surface area contributed by atoms with E-state index in [1.807, 2.05) is 196 Å². The average molecular weight is 2050 g/mol. The molecule has 0 fully saturated rings. The van der Waals surface area contributed by atoms with Crippen molar-refractivity contribution in [3.63, 3.8) is 0 Å². The maximum absolute atomic E-state index is 11.2. The Bertz CT molecular complexity index is 3760. The predicted octanol–water partition coefficient (Wildman–Crippen LogP) is -17.3. The summed E-state index contributed by atoms with van der Waals surface area (Å²) >= 11 is 0. The number of hydrazone groups is 1. The van der Waals surface area contributed by atoms with E-state index in [1.54, 1.807) is 6.92 Å². The van der Waals surface area contributed by atoms with Crippen LogP contribution in [-0.2, 0) is 56.1 Å². The first-order valence-electron chi connectivity index (χ1n) is 39.7. The van der Waals surface area contributed by atoms with Gasteiger partial charge in [0.05, 0.1) is 185 Å². The van der Waals surface area contributed by atoms with E-state index < -0.39 is 11.5 Å². The van der Waals surface area contributed by atoms with Crippen LogP contribution in [0.3, 0.4) is 0 Å². The molecule has 12 N–H and O–H groups in total. The van der Waals surface area contributed by atoms with Crippen LogP contribution in [0.2, 0.25) is 0 Å². The van der Waals surface area contributed by atoms with E-state index in [9.17, 15) is 28.8 Å². The first-order chi connectivity index (χ1) is 56.0. The van der Waals surface area contributed by atoms with Gasteiger partial charge in [-0.25, -0.2) is 14.1 Å². The summed E-state index contributed by atoms with van der Waals surface area (Å²) in [6, 6.07) is 42.7. The Morgan fingerprint density at radius 3 is 1.13 bits per heavy atom. The summed E-state index contributed by atoms with van der Waals surface area (Å²) in [6.07, 6.45) is 30.7. The van der Waals surface area contributed by atoms with Crippen LogP contribution < -0.4 is 144 Å². The Hall–Kier alpha value is -8.59. The molecule has 0 aliphatic rings. The number of hydrogen-bond donors (Lipinski definition) is 6. The fraction of sp³-hybridized carbons (Fsp3) is 0.429. The molecule has 0 spiro atoms. The SMILES string of the molecule is C#C[N+](C)(C)CC.C#C[N+](C)(C)CC=C.C=C(C)C(=O)OCc1ccc(C[N+](C)(C)C)cc1.C=CC(=O)NC(C)(C)CC(C)=N[NH+]=C(N)N.C=CC(=O)NCC[N+](C)(C)C.C=CC(=O)Nc1ccccc1.C=CC(=O)OCCC[N+](C)(C)C.C=Cc1ccccc1.C=Cc1ccccc1.CC[N+](C)(C)C.CC[N+](C)(C)C.CN(C)C.O.O.[C+]#COC(=O)C=C.[Cl-].[Cl-].[Cl-].[Cl-].[Cl-].[Cl-].[Cl-].[Cl-].[Cl-]. The van der Waals surface area contributed by atoms with E-state index in [1.165, 1.54) is 60.2 Å². The summed E-state index contributed by atoms with van der Waals surface area (Å²) in [5, 5.41) is 14.5. The zero-order chi connectivity index (χ0) is 97.0. The number of nitrogens with two attached hydrogens (primary N) is 2. The molecule has 0 saturated carbocycles. The number of terminal acetylenes is 2. The molecular formula is C98H170Cl9N15O11. The standard InChI is InChI=1S/C15H22NO2.C10H19N5O.C9H18NO2.C9H9NO.C8H16N2O.2C8H8.C7H12N.C6H12N.2C5H14N.C5H3O2.C3H9N.9ClH.2H2O/c1-12(2)15(17)18-11-14-8-6-13(7-9-14)10-16(3,4)5;1-5-8(16)13-10(3,4)6-7(2)14-15-9(11)12;1-5-9(11)12-8-6-7-10(2,3)4;1-2-9(11)10-8-6-4-3-5-7-8;1-5-8(11)9-6-7-10(2,3)4;2*1-2-8-6-4-3-5-7-8;1-5-7-8(3,4)6-2;1-5-7(3,4)6-2;2*1-5-6(2,3)4;1-3-5(6)7-4-2;1-4(2)3;;;;;;;;;;;/h6-9H,1,10-11H2,2-5H3;5H,1,6H2,2-4H3,(H,13,16)(H4,11,12,15);5H,1,6-8H2,2-4H3;2-7H,1H2,(H,10,11);5H,1,6-7H2,2-4H3;2*2-7H,1H2;2,5H,1,7H2,3-4H3;1H,6H2,2-4H3;2*5H2,1-4H3;3H,1H2;1-3H3;9*1H;2*1H2/q+1;;+1;;;;;5*+1;;;;;;;;;;;;/p-7. The smallest absolute Gasteiger partial charge is 1.00 e. The van der Waals surface area contributed by atoms with E-state index >= 15 is 0 Å². The minimum atomic E-state index is -0.657. The zero-order valence-corrected chi connectivity index (χ0v) is 92.2. The Balaban J connectivity index is -0.0000000583. The minimum absolute atomic E-state index is 0. The quantitative estimate of drug-likeness (QED) is 0.00253. The van der Waals surface area contributed by atoms with E-state index in [0.717, 1.165) is 84.6 Å². The average Bonchev–Trinajstić information content (AvgIpc) is 0.884. The largest absolute Gasteiger partial charge is 1.00 e. The van der Waals surface area contributed by atoms with Gasteiger partial charge in [0, 0.05) is 41.3 Å². The van der Waals surface area contributed by atoms with Crippen molar-refractivity contribution in [1.82, 2.24) is 15.5 Å². The predicted molar refractivity (Wildman–Crippen MR) is 525 cm³/mol. The molecule has 133 heavy (non-hydrogen) atoms. The summed E-state index contributed by atoms with van der Waals surface area (Å²) in [5.41, 5.74) is 16.6. The molecule has 4 aromatic rings. The molecule has 0 aromatic heterocycles. The number of halogens is 9. The molecule has 0 atom stereocenters. The number of carbonyl (C=O) groups excluding carboxylic acids is 6. The topological polar surface area (TPSA) is 311 Å². The molecule has 0 bridgehead atoms. The van der Waals surface area contributed by atoms with Gasteiger partial charge in [-0.2, -0.15) is 5.10 Å². The maximum atomic E-state index is 11.2. The van der Waals surface area contributed by atoms with Crippen LogP contribution in [0.1, 0.15) is 83.6 Å². The van der Waals surface area contributed by atoms with Gasteiger partial charge in [-0.1, -0.05) is 181 Å². The van der Waals surface area contributed by atoms with Gasteiger partial charge in [0.25, 0.3) is 0 Å². The Labute approximate surface area is 862 Å². The third-order valence-corrected chi connectivity index (χ3v) is 14.4. The summed E-state index contributed by atoms with van der Waals surface area (Å²) in [7, 11) is 46.0. The molecule has 35 heteroatoms. The number of nitrogens with zero attached hydrogens (tertiary/aromatic N) is 9. The van der Waals surface area contributed by atoms with Crippen LogP contribution in [0.15, 0.2) is 222 Å². The van der Waals surface area contributed by atoms with Crippen molar-refractivity contribution in [1.29, 1.82) is 0 Å². The van der Waals surface area contributed by atoms with Gasteiger partial charge < -0.3 is 175 Å². The number of benzene rings is 4. The van der Waals surface area contributed by atoms with Gasteiger partial charge in [0.15, 0.2) is 0 Å². The molecule has 0 aliphatic heterocycles. The Morgan fingerprint density at radius 2 is 0.872 bits per heavy atom. The number of nitrogens with one attached hydrogen (secondary N) is 4. The van der Waals surface area contributed by atoms with E-state index in [-0.39, 0.29) is 158 Å². The molecule has 4 aromatic carbocycles. The van der Waals surface area contributed by atoms with Gasteiger partial charge in [-0.3, -0.25) is 30.3 Å². The second-order valence-electron chi connectivity index (χ2n) is 34.0. The zero-order valence-electron chi connectivity index (χ0n) is 85.3. The van der Waals surface area contributed by atoms with Crippen molar-refractivity contribution in [3.8, 4) is 31.0 Å². The minimum Gasteiger partial charge on any atom is -1.00 e. The van der Waals surface area contributed by atoms with Crippen LogP contribution in [0.5, 0.6) is 0 Å². The molecule has 0 saturated heterocycles. The summed E-state index contributed by atoms with van der Waals surface area (Å²) in [5.74, 6) is -1.80. The van der Waals surface area contributed by atoms with E-state index in [2.05, 4.69) is 241 Å². The van der Waals surface area contributed by atoms with Crippen LogP contribution >= 0.6 is 0 Å². The molecule has 26 nitrogen and oxygen atoms in total. The molecule has 0 heterocycles. The number of rotatable bonds is 29. The number of para-hydroxylation sites is 1. The molecular weight excluding hydrogens is 1880 g/mol. The molecule has 0 radical (unpaired) electrons. The second-order valence-corrected chi connectivity index (χ2v) is 34.0. The third kappa shape index (κ3) is 152. The van der Waals surface area contributed by atoms with Gasteiger partial charge >= 0.3 is 58.6 Å². The number of carbonyl (C=O) groups is 6. The number of amides is 3. The fourth-order valence-corrected chi connectivity index (χ4v) is 6.64. The number of likely N-dealkylation sites (N-methyl/N-ethyl adjacent to an activating group) is 2. The number of ether oxygens (including phenoxy) is 3. The first-order valence-corrected chi connectivity index (χ1v) is 39.7. The number of hydrogen-bond acceptors (Lipinski definition) is 11. The summed E-state index contributed by atoms with van der Waals surface area (Å²) in [6.45, 7) is 53.2. The first kappa shape index (κ1) is 174. The van der Waals surface area contributed by atoms with E-state index in [4.69, 9.17) is 40.2 Å². The van der Waals surface area contributed by atoms with Crippen LogP contribution in [0, 0.1) is 37.5 Å². The Morgan fingerprint density at radius 1 is 0.511 bits per heavy atom. The second kappa shape index (κ2) is 102. The monoisotopic (exact) mass is 2050 g/mol. The molecule has 766 valence electrons. The number of guanidine groups is 1. The van der Waals surface area contributed by atoms with E-state index in [0.29, 0.717) is 40.7 Å². The normalized spacial score (nSPS) is 9.41. The van der Waals surface area contributed by atoms with Crippen LogP contribution in [0.4, 0.5) is 5.69 Å². The number of esters is 3. The third-order valence-electron chi connectivity index (χ3n) is 14.4. The van der Waals surface area contributed by atoms with Crippen LogP contribution in [-0.4, -0.2) is 308 Å².